The van der Waals surface area contributed by atoms with Crippen LogP contribution < -0.4 is 4.90 Å². The van der Waals surface area contributed by atoms with E-state index in [9.17, 15) is 61.5 Å². The molecule has 0 aliphatic heterocycles. The number of para-hydroxylation sites is 2. The van der Waals surface area contributed by atoms with Crippen molar-refractivity contribution in [3.8, 4) is 89.0 Å². The molecule has 0 radical (unpaired) electrons. The number of anilines is 3. The van der Waals surface area contributed by atoms with Crippen LogP contribution in [0.25, 0.3) is 133 Å². The summed E-state index contributed by atoms with van der Waals surface area (Å²) in [5.41, 5.74) is 1.46. The highest BCUT2D eigenvalue weighted by atomic mass is 19.4. The fraction of sp³-hybridized carbons (Fsp3) is 0.264. The molecular weight excluding hydrogens is 1930 g/mol. The van der Waals surface area contributed by atoms with E-state index in [2.05, 4.69) is 81.1 Å². The van der Waals surface area contributed by atoms with Crippen LogP contribution in [0, 0.1) is 13.8 Å². The second kappa shape index (κ2) is 30.1. The molecule has 2 aromatic heterocycles. The maximum atomic E-state index is 18.2. The predicted octanol–water partition coefficient (Wildman–Crippen LogP) is 35.2. The lowest BCUT2D eigenvalue weighted by Gasteiger charge is -2.49. The van der Waals surface area contributed by atoms with Crippen LogP contribution in [0.4, 0.5) is 158 Å². The van der Waals surface area contributed by atoms with Gasteiger partial charge in [0.05, 0.1) is 5.41 Å². The number of benzene rings is 13. The summed E-state index contributed by atoms with van der Waals surface area (Å²) in [4.78, 5) is 2.12. The van der Waals surface area contributed by atoms with Crippen molar-refractivity contribution in [1.29, 1.82) is 0 Å². The summed E-state index contributed by atoms with van der Waals surface area (Å²) in [6.07, 6.45) is -21.6. The molecule has 35 heteroatoms. The number of aryl methyl sites for hydroxylation is 2. The molecule has 0 N–H and O–H groups in total. The highest BCUT2D eigenvalue weighted by Crippen LogP contribution is 2.74. The molecule has 3 nitrogen and oxygen atoms in total. The number of hydrogen-bond donors (Lipinski definition) is 0. The fourth-order valence-corrected chi connectivity index (χ4v) is 21.0. The Balaban J connectivity index is 0.723. The normalized spacial score (nSPS) is 16.7. The Morgan fingerprint density at radius 2 is 0.539 bits per heavy atom. The number of hydrogen-bond acceptors (Lipinski definition) is 3. The molecule has 13 aromatic carbocycles. The number of rotatable bonds is 21. The number of halogens is 32. The summed E-state index contributed by atoms with van der Waals surface area (Å²) in [7, 11) is 0. The van der Waals surface area contributed by atoms with Crippen molar-refractivity contribution in [2.45, 2.75) is 173 Å². The zero-order valence-corrected chi connectivity index (χ0v) is 73.7. The summed E-state index contributed by atoms with van der Waals surface area (Å²) < 4.78 is 502. The van der Waals surface area contributed by atoms with Gasteiger partial charge in [-0.2, -0.15) is 140 Å². The molecule has 1 atom stereocenters. The van der Waals surface area contributed by atoms with Gasteiger partial charge in [-0.05, 0) is 226 Å². The predicted molar refractivity (Wildman–Crippen MR) is 467 cm³/mol. The van der Waals surface area contributed by atoms with Crippen molar-refractivity contribution in [2.24, 2.45) is 0 Å². The van der Waals surface area contributed by atoms with Gasteiger partial charge < -0.3 is 13.7 Å². The quantitative estimate of drug-likeness (QED) is 0.0672. The lowest BCUT2D eigenvalue weighted by atomic mass is 9.64. The largest absolute Gasteiger partial charge is 0.460 e. The summed E-state index contributed by atoms with van der Waals surface area (Å²) in [6.45, 7) is 15.8. The van der Waals surface area contributed by atoms with Crippen molar-refractivity contribution in [3.63, 3.8) is 0 Å². The topological polar surface area (TPSA) is 29.5 Å². The third-order valence-corrected chi connectivity index (χ3v) is 28.7. The average Bonchev–Trinajstić information content (AvgIpc) is 1.53. The number of fused-ring (bicyclic) bond motifs is 20. The Kier molecular flexibility index (Phi) is 20.7. The molecule has 0 saturated carbocycles. The van der Waals surface area contributed by atoms with Gasteiger partial charge in [0.25, 0.3) is 0 Å². The second-order valence-corrected chi connectivity index (χ2v) is 37.6. The highest BCUT2D eigenvalue weighted by molar-refractivity contribution is 6.21. The Morgan fingerprint density at radius 3 is 0.943 bits per heavy atom. The van der Waals surface area contributed by atoms with Crippen LogP contribution >= 0.6 is 0 Å². The molecule has 4 aliphatic rings. The van der Waals surface area contributed by atoms with Crippen molar-refractivity contribution >= 4 is 60.9 Å². The van der Waals surface area contributed by atoms with Crippen LogP contribution in [-0.2, 0) is 21.7 Å². The van der Waals surface area contributed by atoms with Gasteiger partial charge in [-0.25, -0.2) is 0 Å². The van der Waals surface area contributed by atoms with Gasteiger partial charge in [0.15, 0.2) is 0 Å². The molecule has 0 fully saturated rings. The molecule has 19 rings (SSSR count). The minimum Gasteiger partial charge on any atom is -0.455 e. The van der Waals surface area contributed by atoms with Crippen LogP contribution in [0.2, 0.25) is 0 Å². The first-order chi connectivity index (χ1) is 65.2. The monoisotopic (exact) mass is 1990 g/mol. The van der Waals surface area contributed by atoms with Crippen LogP contribution in [0.1, 0.15) is 104 Å². The van der Waals surface area contributed by atoms with Gasteiger partial charge in [0, 0.05) is 72.4 Å². The molecule has 0 spiro atoms. The van der Waals surface area contributed by atoms with E-state index in [0.29, 0.717) is 62.4 Å². The first-order valence-corrected chi connectivity index (χ1v) is 43.0. The Bertz CT molecular complexity index is 7530. The zero-order valence-electron chi connectivity index (χ0n) is 73.7. The molecule has 15 aromatic rings. The van der Waals surface area contributed by atoms with Crippen molar-refractivity contribution in [2.75, 3.05) is 4.90 Å². The van der Waals surface area contributed by atoms with E-state index in [1.807, 2.05) is 135 Å². The lowest BCUT2D eigenvalue weighted by Crippen LogP contribution is -2.76. The van der Waals surface area contributed by atoms with Crippen molar-refractivity contribution < 1.29 is 149 Å². The van der Waals surface area contributed by atoms with E-state index < -0.39 is 157 Å². The highest BCUT2D eigenvalue weighted by Gasteiger charge is 2.98. The molecule has 141 heavy (non-hydrogen) atoms. The summed E-state index contributed by atoms with van der Waals surface area (Å²) in [6, 6.07) is 65.3. The average molecular weight is 1990 g/mol. The van der Waals surface area contributed by atoms with Gasteiger partial charge >= 0.3 is 89.3 Å². The molecule has 0 saturated heterocycles. The van der Waals surface area contributed by atoms with Gasteiger partial charge in [-0.15, -0.1) is 0 Å². The van der Waals surface area contributed by atoms with E-state index in [1.54, 1.807) is 32.0 Å². The lowest BCUT2D eigenvalue weighted by molar-refractivity contribution is -0.465. The Morgan fingerprint density at radius 1 is 0.241 bits per heavy atom. The van der Waals surface area contributed by atoms with Crippen LogP contribution in [-0.4, -0.2) is 89.3 Å². The van der Waals surface area contributed by atoms with Gasteiger partial charge in [-0.3, -0.25) is 0 Å². The van der Waals surface area contributed by atoms with Gasteiger partial charge in [0.1, 0.15) is 22.3 Å². The fourth-order valence-electron chi connectivity index (χ4n) is 21.0. The standard InChI is InChI=1S/C106H67F32NO2/c1-51-19-9-11-21-60(51)70-48-78-82(84-68-24-14-17-27-80(68)140-86(70)84)66-41-36-58(46-75(66)89(78,5)6)139(59-37-42-67-76(47-59)90(7,8)79-49-71(61-22-12-10-20-52(61)2)87-85(83(67)79)69-25-15-18-28-81(69)141-87)57-34-29-53(30-35-57)54-31-38-63-64-39-32-55(44-74(64)88(3,4)73(63)43-54)56-33-40-65-62-23-13-16-26-72(62)91(77(65)45-56,50-92(107,108)94(111,112)96(115,116)98(119,120)101(125,126)103(129,130)105(133,134)135)93(109,110)95(113,114)97(117,118)99(121,122)100(123,124)102(127,128)104(131,132)106(136,137)138/h9-49H,50H2,1-8H3. The van der Waals surface area contributed by atoms with Crippen molar-refractivity contribution in [3.05, 3.63) is 304 Å². The molecule has 2 heterocycles. The van der Waals surface area contributed by atoms with E-state index in [1.165, 1.54) is 6.07 Å². The Labute approximate surface area is 778 Å². The Hall–Kier alpha value is -13.0. The minimum absolute atomic E-state index is 0.0662. The molecule has 0 amide bonds. The smallest absolute Gasteiger partial charge is 0.455 e. The van der Waals surface area contributed by atoms with Gasteiger partial charge in [-0.1, -0.05) is 211 Å². The van der Waals surface area contributed by atoms with E-state index in [-0.39, 0.29) is 35.4 Å². The summed E-state index contributed by atoms with van der Waals surface area (Å²) in [5.74, 6) is -119. The third kappa shape index (κ3) is 12.6. The number of nitrogens with zero attached hydrogens (tertiary/aromatic N) is 1. The zero-order chi connectivity index (χ0) is 103. The van der Waals surface area contributed by atoms with Crippen molar-refractivity contribution in [1.82, 2.24) is 0 Å². The van der Waals surface area contributed by atoms with E-state index in [4.69, 9.17) is 8.83 Å². The minimum atomic E-state index is -9.62. The molecular formula is C106H67F32NO2. The first kappa shape index (κ1) is 96.9. The van der Waals surface area contributed by atoms with Gasteiger partial charge in [0.2, 0.25) is 0 Å². The summed E-state index contributed by atoms with van der Waals surface area (Å²) >= 11 is 0. The van der Waals surface area contributed by atoms with Crippen LogP contribution in [0.3, 0.4) is 0 Å². The van der Waals surface area contributed by atoms with Crippen LogP contribution in [0.15, 0.2) is 258 Å². The van der Waals surface area contributed by atoms with Crippen LogP contribution in [0.5, 0.6) is 0 Å². The third-order valence-electron chi connectivity index (χ3n) is 28.7. The van der Waals surface area contributed by atoms with E-state index >= 15 is 79.0 Å². The maximum Gasteiger partial charge on any atom is 0.460 e. The number of alkyl halides is 32. The molecule has 732 valence electrons. The molecule has 0 bridgehead atoms. The summed E-state index contributed by atoms with van der Waals surface area (Å²) in [5, 5.41) is 3.67. The SMILES string of the molecule is Cc1ccccc1-c1cc2c(c3c1oc1ccccc13)-c1ccc(N(c3ccc(-c4ccc5c(c4)C(C)(C)c4cc(-c6ccc7c(c6)C(CC(F)(F)C(F)(F)C(F)(F)C(F)(F)C(F)(F)C(F)(F)C(F)(F)F)(C(F)(F)C(F)(F)C(F)(F)C(F)(F)C(F)(F)C(F)(F)C(F)(F)C(F)(F)F)c6ccccc6-7)ccc4-5)cc3)c3ccc4c(c3)C(C)(C)c3cc(-c5ccccc5C)c5oc6ccccc6c5c3-4)cc1C2(C)C. The number of furan rings is 2. The maximum absolute atomic E-state index is 18.2. The second-order valence-electron chi connectivity index (χ2n) is 37.6. The molecule has 1 unspecified atom stereocenters. The molecule has 4 aliphatic carbocycles. The first-order valence-electron chi connectivity index (χ1n) is 43.0. The van der Waals surface area contributed by atoms with E-state index in [0.717, 1.165) is 123 Å².